The molecule has 1 atom stereocenters. The lowest BCUT2D eigenvalue weighted by Gasteiger charge is -2.17. The molecule has 1 unspecified atom stereocenters. The predicted octanol–water partition coefficient (Wildman–Crippen LogP) is 3.53. The summed E-state index contributed by atoms with van der Waals surface area (Å²) in [4.78, 5) is 24.2. The zero-order valence-electron chi connectivity index (χ0n) is 12.9. The van der Waals surface area contributed by atoms with Crippen molar-refractivity contribution in [1.29, 1.82) is 0 Å². The van der Waals surface area contributed by atoms with E-state index in [0.29, 0.717) is 11.1 Å². The molecule has 0 aliphatic carbocycles. The summed E-state index contributed by atoms with van der Waals surface area (Å²) in [5.74, 6) is -1.22. The topological polar surface area (TPSA) is 52.6 Å². The number of ether oxygens (including phenoxy) is 2. The molecule has 0 heterocycles. The Hall–Kier alpha value is -2.88. The second kappa shape index (κ2) is 7.94. The molecule has 0 saturated carbocycles. The van der Waals surface area contributed by atoms with Gasteiger partial charge in [0.15, 0.2) is 0 Å². The second-order valence-corrected chi connectivity index (χ2v) is 5.09. The van der Waals surface area contributed by atoms with Crippen molar-refractivity contribution in [3.05, 3.63) is 83.9 Å². The number of hydrogen-bond acceptors (Lipinski definition) is 4. The Balaban J connectivity index is 1.99. The van der Waals surface area contributed by atoms with Gasteiger partial charge in [0.05, 0.1) is 5.56 Å². The molecular formula is C19H18O4. The Kier molecular flexibility index (Phi) is 5.69. The molecule has 4 heteroatoms. The molecule has 0 bridgehead atoms. The van der Waals surface area contributed by atoms with Crippen LogP contribution < -0.4 is 0 Å². The largest absolute Gasteiger partial charge is 0.458 e. The molecular weight excluding hydrogens is 292 g/mol. The van der Waals surface area contributed by atoms with Crippen molar-refractivity contribution < 1.29 is 19.1 Å². The first-order valence-corrected chi connectivity index (χ1v) is 7.20. The van der Waals surface area contributed by atoms with Crippen molar-refractivity contribution in [2.24, 2.45) is 0 Å². The Labute approximate surface area is 135 Å². The molecule has 118 valence electrons. The SMILES string of the molecule is C=C(C)C(OC(=O)c1ccccc1)C(=O)OCc1ccccc1. The highest BCUT2D eigenvalue weighted by molar-refractivity contribution is 5.92. The molecule has 0 fully saturated rings. The van der Waals surface area contributed by atoms with Crippen LogP contribution in [0.1, 0.15) is 22.8 Å². The van der Waals surface area contributed by atoms with E-state index < -0.39 is 18.0 Å². The molecule has 2 aromatic rings. The first-order valence-electron chi connectivity index (χ1n) is 7.20. The second-order valence-electron chi connectivity index (χ2n) is 5.09. The van der Waals surface area contributed by atoms with Gasteiger partial charge in [-0.15, -0.1) is 0 Å². The van der Waals surface area contributed by atoms with Gasteiger partial charge in [0.1, 0.15) is 6.61 Å². The van der Waals surface area contributed by atoms with Crippen LogP contribution in [0.4, 0.5) is 0 Å². The van der Waals surface area contributed by atoms with E-state index in [-0.39, 0.29) is 6.61 Å². The quantitative estimate of drug-likeness (QED) is 0.605. The molecule has 2 rings (SSSR count). The summed E-state index contributed by atoms with van der Waals surface area (Å²) in [6.45, 7) is 5.44. The van der Waals surface area contributed by atoms with Crippen LogP contribution >= 0.6 is 0 Å². The third-order valence-electron chi connectivity index (χ3n) is 3.12. The van der Waals surface area contributed by atoms with Crippen molar-refractivity contribution in [3.8, 4) is 0 Å². The maximum atomic E-state index is 12.2. The van der Waals surface area contributed by atoms with E-state index in [1.165, 1.54) is 0 Å². The molecule has 0 aromatic heterocycles. The summed E-state index contributed by atoms with van der Waals surface area (Å²) in [6, 6.07) is 17.8. The molecule has 0 aliphatic heterocycles. The van der Waals surface area contributed by atoms with Crippen LogP contribution in [-0.2, 0) is 20.9 Å². The fourth-order valence-corrected chi connectivity index (χ4v) is 1.90. The van der Waals surface area contributed by atoms with Crippen LogP contribution in [0.25, 0.3) is 0 Å². The van der Waals surface area contributed by atoms with Crippen LogP contribution in [-0.4, -0.2) is 18.0 Å². The number of hydrogen-bond donors (Lipinski definition) is 0. The molecule has 23 heavy (non-hydrogen) atoms. The minimum Gasteiger partial charge on any atom is -0.458 e. The van der Waals surface area contributed by atoms with Gasteiger partial charge in [-0.2, -0.15) is 0 Å². The normalized spacial score (nSPS) is 11.3. The Morgan fingerprint density at radius 3 is 2.13 bits per heavy atom. The van der Waals surface area contributed by atoms with Crippen LogP contribution in [0.3, 0.4) is 0 Å². The number of esters is 2. The van der Waals surface area contributed by atoms with E-state index >= 15 is 0 Å². The monoisotopic (exact) mass is 310 g/mol. The van der Waals surface area contributed by atoms with Gasteiger partial charge in [0, 0.05) is 0 Å². The fourth-order valence-electron chi connectivity index (χ4n) is 1.90. The molecule has 0 spiro atoms. The lowest BCUT2D eigenvalue weighted by atomic mass is 10.2. The highest BCUT2D eigenvalue weighted by Crippen LogP contribution is 2.12. The summed E-state index contributed by atoms with van der Waals surface area (Å²) >= 11 is 0. The summed E-state index contributed by atoms with van der Waals surface area (Å²) in [5, 5.41) is 0. The van der Waals surface area contributed by atoms with E-state index in [9.17, 15) is 9.59 Å². The van der Waals surface area contributed by atoms with Gasteiger partial charge in [0.2, 0.25) is 6.10 Å². The summed E-state index contributed by atoms with van der Waals surface area (Å²) in [5.41, 5.74) is 1.64. The van der Waals surface area contributed by atoms with Gasteiger partial charge < -0.3 is 9.47 Å². The van der Waals surface area contributed by atoms with Crippen LogP contribution in [0.2, 0.25) is 0 Å². The van der Waals surface area contributed by atoms with Crippen LogP contribution in [0.5, 0.6) is 0 Å². The summed E-state index contributed by atoms with van der Waals surface area (Å²) < 4.78 is 10.4. The molecule has 0 N–H and O–H groups in total. The number of carbonyl (C=O) groups is 2. The fraction of sp³-hybridized carbons (Fsp3) is 0.158. The van der Waals surface area contributed by atoms with Crippen molar-refractivity contribution in [3.63, 3.8) is 0 Å². The smallest absolute Gasteiger partial charge is 0.352 e. The van der Waals surface area contributed by atoms with Crippen molar-refractivity contribution >= 4 is 11.9 Å². The first-order chi connectivity index (χ1) is 11.1. The van der Waals surface area contributed by atoms with E-state index in [0.717, 1.165) is 5.56 Å². The highest BCUT2D eigenvalue weighted by atomic mass is 16.6. The van der Waals surface area contributed by atoms with Gasteiger partial charge >= 0.3 is 11.9 Å². The average Bonchev–Trinajstić information content (AvgIpc) is 2.58. The molecule has 0 amide bonds. The maximum absolute atomic E-state index is 12.2. The van der Waals surface area contributed by atoms with Crippen molar-refractivity contribution in [1.82, 2.24) is 0 Å². The van der Waals surface area contributed by atoms with Gasteiger partial charge in [-0.1, -0.05) is 55.1 Å². The number of carbonyl (C=O) groups excluding carboxylic acids is 2. The predicted molar refractivity (Wildman–Crippen MR) is 86.7 cm³/mol. The standard InChI is InChI=1S/C19H18O4/c1-14(2)17(23-18(20)16-11-7-4-8-12-16)19(21)22-13-15-9-5-3-6-10-15/h3-12,17H,1,13H2,2H3. The molecule has 0 radical (unpaired) electrons. The molecule has 4 nitrogen and oxygen atoms in total. The van der Waals surface area contributed by atoms with E-state index in [1.807, 2.05) is 30.3 Å². The van der Waals surface area contributed by atoms with Gasteiger partial charge in [-0.3, -0.25) is 0 Å². The van der Waals surface area contributed by atoms with Crippen LogP contribution in [0, 0.1) is 0 Å². The minimum atomic E-state index is -1.12. The van der Waals surface area contributed by atoms with Crippen LogP contribution in [0.15, 0.2) is 72.8 Å². The van der Waals surface area contributed by atoms with Gasteiger partial charge in [0.25, 0.3) is 0 Å². The third-order valence-corrected chi connectivity index (χ3v) is 3.12. The lowest BCUT2D eigenvalue weighted by molar-refractivity contribution is -0.153. The van der Waals surface area contributed by atoms with Gasteiger partial charge in [-0.25, -0.2) is 9.59 Å². The van der Waals surface area contributed by atoms with Crippen molar-refractivity contribution in [2.45, 2.75) is 19.6 Å². The third kappa shape index (κ3) is 4.81. The first kappa shape index (κ1) is 16.5. The van der Waals surface area contributed by atoms with Crippen molar-refractivity contribution in [2.75, 3.05) is 0 Å². The molecule has 0 aliphatic rings. The zero-order chi connectivity index (χ0) is 16.7. The number of rotatable bonds is 6. The summed E-state index contributed by atoms with van der Waals surface area (Å²) in [6.07, 6.45) is -1.12. The zero-order valence-corrected chi connectivity index (χ0v) is 12.9. The Morgan fingerprint density at radius 2 is 1.57 bits per heavy atom. The number of benzene rings is 2. The molecule has 2 aromatic carbocycles. The maximum Gasteiger partial charge on any atom is 0.352 e. The Morgan fingerprint density at radius 1 is 1.00 bits per heavy atom. The van der Waals surface area contributed by atoms with E-state index in [4.69, 9.17) is 9.47 Å². The molecule has 0 saturated heterocycles. The van der Waals surface area contributed by atoms with E-state index in [1.54, 1.807) is 37.3 Å². The summed E-state index contributed by atoms with van der Waals surface area (Å²) in [7, 11) is 0. The average molecular weight is 310 g/mol. The van der Waals surface area contributed by atoms with E-state index in [2.05, 4.69) is 6.58 Å². The van der Waals surface area contributed by atoms with Gasteiger partial charge in [-0.05, 0) is 30.2 Å². The highest BCUT2D eigenvalue weighted by Gasteiger charge is 2.26. The lowest BCUT2D eigenvalue weighted by Crippen LogP contribution is -2.30. The minimum absolute atomic E-state index is 0.117. The Bertz CT molecular complexity index is 677.